The van der Waals surface area contributed by atoms with Gasteiger partial charge in [-0.1, -0.05) is 0 Å². The third-order valence-corrected chi connectivity index (χ3v) is 7.56. The molecule has 40 heavy (non-hydrogen) atoms. The van der Waals surface area contributed by atoms with Crippen LogP contribution in [0.5, 0.6) is 5.88 Å². The zero-order valence-corrected chi connectivity index (χ0v) is 21.6. The van der Waals surface area contributed by atoms with Crippen LogP contribution in [0.4, 0.5) is 19.0 Å². The zero-order valence-electron chi connectivity index (χ0n) is 21.6. The van der Waals surface area contributed by atoms with Crippen LogP contribution in [0.1, 0.15) is 28.8 Å². The van der Waals surface area contributed by atoms with Gasteiger partial charge < -0.3 is 14.5 Å². The number of aromatic nitrogens is 2. The van der Waals surface area contributed by atoms with Crippen LogP contribution in [0, 0.1) is 17.2 Å². The van der Waals surface area contributed by atoms with Gasteiger partial charge in [0.1, 0.15) is 18.5 Å². The fourth-order valence-corrected chi connectivity index (χ4v) is 5.53. The van der Waals surface area contributed by atoms with E-state index in [1.165, 1.54) is 12.4 Å². The molecule has 0 saturated carbocycles. The molecule has 0 aliphatic carbocycles. The molecule has 2 unspecified atom stereocenters. The van der Waals surface area contributed by atoms with Gasteiger partial charge in [0.15, 0.2) is 5.92 Å². The van der Waals surface area contributed by atoms with Crippen molar-refractivity contribution in [3.05, 3.63) is 47.8 Å². The number of anilines is 1. The van der Waals surface area contributed by atoms with Crippen LogP contribution in [0.3, 0.4) is 0 Å². The van der Waals surface area contributed by atoms with E-state index in [-0.39, 0.29) is 31.0 Å². The third-order valence-electron chi connectivity index (χ3n) is 7.56. The molecule has 5 heterocycles. The fourth-order valence-electron chi connectivity index (χ4n) is 5.53. The summed E-state index contributed by atoms with van der Waals surface area (Å²) in [6.45, 7) is 2.63. The molecule has 3 aliphatic rings. The number of halogens is 3. The second-order valence-electron chi connectivity index (χ2n) is 9.98. The maximum Gasteiger partial charge on any atom is 0.402 e. The lowest BCUT2D eigenvalue weighted by Crippen LogP contribution is -2.65. The number of pyridine rings is 2. The van der Waals surface area contributed by atoms with Gasteiger partial charge in [0.2, 0.25) is 11.8 Å². The highest BCUT2D eigenvalue weighted by molar-refractivity contribution is 5.94. The number of amides is 2. The van der Waals surface area contributed by atoms with Gasteiger partial charge in [-0.05, 0) is 37.6 Å². The number of carbonyl (C=O) groups is 2. The summed E-state index contributed by atoms with van der Waals surface area (Å²) in [5.74, 6) is -2.42. The number of hydrazine groups is 1. The molecule has 3 aliphatic heterocycles. The van der Waals surface area contributed by atoms with Gasteiger partial charge in [-0.2, -0.15) is 18.4 Å². The molecule has 2 amide bonds. The Balaban J connectivity index is 1.18. The Hall–Kier alpha value is -3.96. The monoisotopic (exact) mass is 558 g/mol. The van der Waals surface area contributed by atoms with Crippen LogP contribution < -0.4 is 20.5 Å². The van der Waals surface area contributed by atoms with Crippen LogP contribution in [-0.2, 0) is 4.79 Å². The second-order valence-corrected chi connectivity index (χ2v) is 9.98. The molecule has 2 N–H and O–H groups in total. The Bertz CT molecular complexity index is 1260. The number of likely N-dealkylation sites (tertiary alicyclic amines) is 1. The van der Waals surface area contributed by atoms with E-state index in [4.69, 9.17) is 10.00 Å². The summed E-state index contributed by atoms with van der Waals surface area (Å²) in [5, 5.41) is 8.95. The van der Waals surface area contributed by atoms with Crippen molar-refractivity contribution in [3.8, 4) is 11.9 Å². The van der Waals surface area contributed by atoms with Gasteiger partial charge in [0.25, 0.3) is 5.91 Å². The van der Waals surface area contributed by atoms with Crippen molar-refractivity contribution in [1.82, 2.24) is 30.6 Å². The molecule has 0 bridgehead atoms. The van der Waals surface area contributed by atoms with Crippen molar-refractivity contribution in [3.63, 3.8) is 0 Å². The highest BCUT2D eigenvalue weighted by Crippen LogP contribution is 2.35. The zero-order chi connectivity index (χ0) is 28.3. The first-order valence-electron chi connectivity index (χ1n) is 13.1. The summed E-state index contributed by atoms with van der Waals surface area (Å²) in [5.41, 5.74) is 5.56. The van der Waals surface area contributed by atoms with Gasteiger partial charge in [-0.15, -0.1) is 0 Å². The van der Waals surface area contributed by atoms with E-state index in [1.807, 2.05) is 11.0 Å². The normalized spacial score (nSPS) is 23.9. The van der Waals surface area contributed by atoms with E-state index in [1.54, 1.807) is 34.1 Å². The number of hydrogen-bond donors (Lipinski definition) is 2. The summed E-state index contributed by atoms with van der Waals surface area (Å²) in [7, 11) is 0. The van der Waals surface area contributed by atoms with Gasteiger partial charge in [0.05, 0.1) is 5.56 Å². The molecule has 11 nitrogen and oxygen atoms in total. The minimum atomic E-state index is -4.66. The predicted molar refractivity (Wildman–Crippen MR) is 136 cm³/mol. The molecule has 2 aromatic heterocycles. The SMILES string of the molecule is N#Cc1ccc(N2CCN(C(=O)c3ccnc(OC[C@@H]4CCCN4C4CNNC(=O)C4C(F)(F)F)c3)CC2)nc1. The average Bonchev–Trinajstić information content (AvgIpc) is 3.44. The van der Waals surface area contributed by atoms with Crippen LogP contribution in [-0.4, -0.2) is 95.7 Å². The Morgan fingerprint density at radius 3 is 2.65 bits per heavy atom. The smallest absolute Gasteiger partial charge is 0.402 e. The number of rotatable bonds is 6. The van der Waals surface area contributed by atoms with Crippen molar-refractivity contribution in [1.29, 1.82) is 5.26 Å². The van der Waals surface area contributed by atoms with E-state index in [2.05, 4.69) is 20.8 Å². The number of hydrogen-bond acceptors (Lipinski definition) is 9. The number of nitriles is 1. The molecule has 3 atom stereocenters. The minimum absolute atomic E-state index is 0.0246. The number of carbonyl (C=O) groups excluding carboxylic acids is 2. The minimum Gasteiger partial charge on any atom is -0.476 e. The van der Waals surface area contributed by atoms with Crippen molar-refractivity contribution in [2.24, 2.45) is 5.92 Å². The summed E-state index contributed by atoms with van der Waals surface area (Å²) < 4.78 is 46.9. The molecule has 0 spiro atoms. The molecular formula is C26H29F3N8O3. The van der Waals surface area contributed by atoms with Crippen LogP contribution in [0.15, 0.2) is 36.7 Å². The number of nitrogens with one attached hydrogen (secondary N) is 2. The Labute approximate surface area is 228 Å². The molecule has 0 radical (unpaired) electrons. The second kappa shape index (κ2) is 11.6. The predicted octanol–water partition coefficient (Wildman–Crippen LogP) is 1.34. The molecule has 3 fully saturated rings. The van der Waals surface area contributed by atoms with E-state index >= 15 is 0 Å². The lowest BCUT2D eigenvalue weighted by Gasteiger charge is -2.40. The highest BCUT2D eigenvalue weighted by Gasteiger charge is 2.54. The van der Waals surface area contributed by atoms with Gasteiger partial charge >= 0.3 is 6.18 Å². The average molecular weight is 559 g/mol. The number of nitrogens with zero attached hydrogens (tertiary/aromatic N) is 6. The van der Waals surface area contributed by atoms with Gasteiger partial charge in [0, 0.05) is 68.8 Å². The summed E-state index contributed by atoms with van der Waals surface area (Å²) >= 11 is 0. The van der Waals surface area contributed by atoms with Crippen molar-refractivity contribution >= 4 is 17.6 Å². The van der Waals surface area contributed by atoms with Crippen molar-refractivity contribution in [2.45, 2.75) is 31.1 Å². The Morgan fingerprint density at radius 2 is 1.95 bits per heavy atom. The summed E-state index contributed by atoms with van der Waals surface area (Å²) in [6.07, 6.45) is -0.355. The van der Waals surface area contributed by atoms with Crippen molar-refractivity contribution < 1.29 is 27.5 Å². The number of ether oxygens (including phenoxy) is 1. The quantitative estimate of drug-likeness (QED) is 0.540. The Morgan fingerprint density at radius 1 is 1.15 bits per heavy atom. The maximum atomic E-state index is 13.7. The molecule has 0 aromatic carbocycles. The summed E-state index contributed by atoms with van der Waals surface area (Å²) in [6, 6.07) is 7.32. The third kappa shape index (κ3) is 5.95. The van der Waals surface area contributed by atoms with Crippen LogP contribution in [0.2, 0.25) is 0 Å². The van der Waals surface area contributed by atoms with E-state index in [0.29, 0.717) is 56.7 Å². The molecular weight excluding hydrogens is 529 g/mol. The number of piperazine rings is 1. The molecule has 5 rings (SSSR count). The van der Waals surface area contributed by atoms with Crippen molar-refractivity contribution in [2.75, 3.05) is 50.8 Å². The highest BCUT2D eigenvalue weighted by atomic mass is 19.4. The summed E-state index contributed by atoms with van der Waals surface area (Å²) in [4.78, 5) is 39.2. The molecule has 212 valence electrons. The fraction of sp³-hybridized carbons (Fsp3) is 0.500. The lowest BCUT2D eigenvalue weighted by molar-refractivity contribution is -0.201. The van der Waals surface area contributed by atoms with Crippen LogP contribution >= 0.6 is 0 Å². The first-order chi connectivity index (χ1) is 19.2. The van der Waals surface area contributed by atoms with Gasteiger partial charge in [-0.3, -0.25) is 19.9 Å². The van der Waals surface area contributed by atoms with E-state index < -0.39 is 24.0 Å². The molecule has 2 aromatic rings. The Kier molecular flexibility index (Phi) is 8.04. The lowest BCUT2D eigenvalue weighted by atomic mass is 9.94. The standard InChI is InChI=1S/C26H29F3N8O3/c27-26(28,29)23-20(15-33-34-24(23)38)37-7-1-2-19(37)16-40-22-12-18(5-6-31-22)25(39)36-10-8-35(9-11-36)21-4-3-17(13-30)14-32-21/h3-6,12,14,19-20,23,33H,1-2,7-11,15-16H2,(H,34,38)/t19-,20?,23?/m0/s1. The largest absolute Gasteiger partial charge is 0.476 e. The van der Waals surface area contributed by atoms with E-state index in [0.717, 1.165) is 5.82 Å². The molecule has 14 heteroatoms. The molecule has 3 saturated heterocycles. The maximum absolute atomic E-state index is 13.7. The topological polar surface area (TPSA) is 127 Å². The first kappa shape index (κ1) is 27.6. The van der Waals surface area contributed by atoms with Crippen LogP contribution in [0.25, 0.3) is 0 Å². The van der Waals surface area contributed by atoms with E-state index in [9.17, 15) is 22.8 Å². The first-order valence-corrected chi connectivity index (χ1v) is 13.1. The number of alkyl halides is 3. The van der Waals surface area contributed by atoms with Gasteiger partial charge in [-0.25, -0.2) is 15.4 Å².